The van der Waals surface area contributed by atoms with Gasteiger partial charge < -0.3 is 9.64 Å². The number of likely N-dealkylation sites (tertiary alicyclic amines) is 1. The Labute approximate surface area is 139 Å². The van der Waals surface area contributed by atoms with Crippen molar-refractivity contribution in [2.24, 2.45) is 5.92 Å². The van der Waals surface area contributed by atoms with Crippen LogP contribution in [0.5, 0.6) is 5.75 Å². The van der Waals surface area contributed by atoms with Gasteiger partial charge >= 0.3 is 0 Å². The fourth-order valence-corrected chi connectivity index (χ4v) is 2.91. The van der Waals surface area contributed by atoms with E-state index < -0.39 is 0 Å². The van der Waals surface area contributed by atoms with Crippen molar-refractivity contribution < 1.29 is 18.3 Å². The lowest BCUT2D eigenvalue weighted by Crippen LogP contribution is -2.41. The van der Waals surface area contributed by atoms with E-state index in [0.29, 0.717) is 31.0 Å². The third kappa shape index (κ3) is 4.10. The maximum absolute atomic E-state index is 13.0. The van der Waals surface area contributed by atoms with Gasteiger partial charge in [-0.15, -0.1) is 0 Å². The van der Waals surface area contributed by atoms with E-state index >= 15 is 0 Å². The van der Waals surface area contributed by atoms with E-state index in [0.717, 1.165) is 12.8 Å². The lowest BCUT2D eigenvalue weighted by Gasteiger charge is -2.32. The molecule has 0 bridgehead atoms. The standard InChI is InChI=1S/C19H19F2NO2/c20-16-5-3-15(4-6-16)19(23)22-11-1-2-14(12-22)13-24-18-9-7-17(21)8-10-18/h3-10,14H,1-2,11-13H2. The maximum Gasteiger partial charge on any atom is 0.253 e. The molecule has 1 aliphatic rings. The zero-order valence-corrected chi connectivity index (χ0v) is 13.3. The molecule has 1 saturated heterocycles. The smallest absolute Gasteiger partial charge is 0.253 e. The summed E-state index contributed by atoms with van der Waals surface area (Å²) in [5.74, 6) is 0.125. The van der Waals surface area contributed by atoms with Crippen molar-refractivity contribution in [2.75, 3.05) is 19.7 Å². The van der Waals surface area contributed by atoms with Crippen molar-refractivity contribution in [3.8, 4) is 5.75 Å². The third-order valence-electron chi connectivity index (χ3n) is 4.20. The van der Waals surface area contributed by atoms with Crippen LogP contribution in [-0.4, -0.2) is 30.5 Å². The molecule has 3 rings (SSSR count). The zero-order valence-electron chi connectivity index (χ0n) is 13.3. The predicted molar refractivity (Wildman–Crippen MR) is 86.9 cm³/mol. The van der Waals surface area contributed by atoms with Crippen molar-refractivity contribution in [2.45, 2.75) is 12.8 Å². The number of amides is 1. The molecule has 1 amide bonds. The summed E-state index contributed by atoms with van der Waals surface area (Å²) >= 11 is 0. The van der Waals surface area contributed by atoms with Crippen LogP contribution in [0.3, 0.4) is 0 Å². The van der Waals surface area contributed by atoms with Crippen LogP contribution >= 0.6 is 0 Å². The Morgan fingerprint density at radius 2 is 1.67 bits per heavy atom. The first-order valence-corrected chi connectivity index (χ1v) is 8.05. The number of halogens is 2. The van der Waals surface area contributed by atoms with E-state index in [-0.39, 0.29) is 23.5 Å². The molecular weight excluding hydrogens is 312 g/mol. The molecule has 0 aromatic heterocycles. The van der Waals surface area contributed by atoms with E-state index in [1.165, 1.54) is 36.4 Å². The molecule has 2 aromatic rings. The van der Waals surface area contributed by atoms with Gasteiger partial charge in [0.2, 0.25) is 0 Å². The van der Waals surface area contributed by atoms with E-state index in [2.05, 4.69) is 0 Å². The second-order valence-electron chi connectivity index (χ2n) is 6.03. The predicted octanol–water partition coefficient (Wildman–Crippen LogP) is 3.90. The Balaban J connectivity index is 1.56. The molecule has 1 unspecified atom stereocenters. The van der Waals surface area contributed by atoms with Gasteiger partial charge in [-0.1, -0.05) is 0 Å². The molecule has 126 valence electrons. The first-order chi connectivity index (χ1) is 11.6. The van der Waals surface area contributed by atoms with Gasteiger partial charge in [0.1, 0.15) is 17.4 Å². The number of rotatable bonds is 4. The van der Waals surface area contributed by atoms with Gasteiger partial charge in [-0.25, -0.2) is 8.78 Å². The van der Waals surface area contributed by atoms with Gasteiger partial charge in [-0.3, -0.25) is 4.79 Å². The number of nitrogens with zero attached hydrogens (tertiary/aromatic N) is 1. The molecule has 3 nitrogen and oxygen atoms in total. The van der Waals surface area contributed by atoms with Crippen LogP contribution in [0.25, 0.3) is 0 Å². The van der Waals surface area contributed by atoms with E-state index in [1.54, 1.807) is 17.0 Å². The van der Waals surface area contributed by atoms with Gasteiger partial charge in [-0.2, -0.15) is 0 Å². The van der Waals surface area contributed by atoms with Crippen LogP contribution < -0.4 is 4.74 Å². The number of carbonyl (C=O) groups is 1. The van der Waals surface area contributed by atoms with Crippen molar-refractivity contribution in [3.63, 3.8) is 0 Å². The minimum Gasteiger partial charge on any atom is -0.493 e. The van der Waals surface area contributed by atoms with E-state index in [1.807, 2.05) is 0 Å². The highest BCUT2D eigenvalue weighted by Crippen LogP contribution is 2.21. The van der Waals surface area contributed by atoms with Crippen LogP contribution in [0.15, 0.2) is 48.5 Å². The SMILES string of the molecule is O=C(c1ccc(F)cc1)N1CCCC(COc2ccc(F)cc2)C1. The van der Waals surface area contributed by atoms with Gasteiger partial charge in [0.05, 0.1) is 6.61 Å². The third-order valence-corrected chi connectivity index (χ3v) is 4.20. The molecule has 1 aliphatic heterocycles. The number of hydrogen-bond acceptors (Lipinski definition) is 2. The number of ether oxygens (including phenoxy) is 1. The normalized spacial score (nSPS) is 17.6. The Morgan fingerprint density at radius 1 is 1.04 bits per heavy atom. The first-order valence-electron chi connectivity index (χ1n) is 8.05. The second-order valence-corrected chi connectivity index (χ2v) is 6.03. The Hall–Kier alpha value is -2.43. The van der Waals surface area contributed by atoms with Crippen molar-refractivity contribution in [1.29, 1.82) is 0 Å². The number of hydrogen-bond donors (Lipinski definition) is 0. The monoisotopic (exact) mass is 331 g/mol. The summed E-state index contributed by atoms with van der Waals surface area (Å²) in [6, 6.07) is 11.5. The van der Waals surface area contributed by atoms with Crippen molar-refractivity contribution >= 4 is 5.91 Å². The highest BCUT2D eigenvalue weighted by atomic mass is 19.1. The lowest BCUT2D eigenvalue weighted by molar-refractivity contribution is 0.0633. The van der Waals surface area contributed by atoms with E-state index in [4.69, 9.17) is 4.74 Å². The van der Waals surface area contributed by atoms with Crippen molar-refractivity contribution in [3.05, 3.63) is 65.7 Å². The molecule has 5 heteroatoms. The van der Waals surface area contributed by atoms with Crippen LogP contribution in [0, 0.1) is 17.6 Å². The fraction of sp³-hybridized carbons (Fsp3) is 0.316. The van der Waals surface area contributed by atoms with Gasteiger partial charge in [0.15, 0.2) is 0 Å². The summed E-state index contributed by atoms with van der Waals surface area (Å²) in [6.45, 7) is 1.79. The van der Waals surface area contributed by atoms with Crippen LogP contribution in [0.1, 0.15) is 23.2 Å². The van der Waals surface area contributed by atoms with Crippen LogP contribution in [-0.2, 0) is 0 Å². The molecule has 1 heterocycles. The lowest BCUT2D eigenvalue weighted by atomic mass is 9.98. The Morgan fingerprint density at radius 3 is 2.33 bits per heavy atom. The summed E-state index contributed by atoms with van der Waals surface area (Å²) < 4.78 is 31.6. The van der Waals surface area contributed by atoms with Gasteiger partial charge in [0.25, 0.3) is 5.91 Å². The van der Waals surface area contributed by atoms with Crippen LogP contribution in [0.4, 0.5) is 8.78 Å². The van der Waals surface area contributed by atoms with Gasteiger partial charge in [0, 0.05) is 24.6 Å². The minimum absolute atomic E-state index is 0.0820. The maximum atomic E-state index is 13.0. The topological polar surface area (TPSA) is 29.5 Å². The largest absolute Gasteiger partial charge is 0.493 e. The average molecular weight is 331 g/mol. The molecule has 24 heavy (non-hydrogen) atoms. The van der Waals surface area contributed by atoms with Crippen molar-refractivity contribution in [1.82, 2.24) is 4.90 Å². The summed E-state index contributed by atoms with van der Waals surface area (Å²) in [6.07, 6.45) is 1.89. The molecule has 1 atom stereocenters. The molecule has 0 aliphatic carbocycles. The molecule has 2 aromatic carbocycles. The molecule has 0 N–H and O–H groups in total. The molecular formula is C19H19F2NO2. The summed E-state index contributed by atoms with van der Waals surface area (Å²) in [5, 5.41) is 0. The zero-order chi connectivity index (χ0) is 16.9. The van der Waals surface area contributed by atoms with Crippen LogP contribution in [0.2, 0.25) is 0 Å². The molecule has 0 spiro atoms. The summed E-state index contributed by atoms with van der Waals surface area (Å²) in [5.41, 5.74) is 0.497. The average Bonchev–Trinajstić information content (AvgIpc) is 2.61. The second kappa shape index (κ2) is 7.43. The number of piperidine rings is 1. The highest BCUT2D eigenvalue weighted by Gasteiger charge is 2.25. The molecule has 0 radical (unpaired) electrons. The fourth-order valence-electron chi connectivity index (χ4n) is 2.91. The minimum atomic E-state index is -0.351. The van der Waals surface area contributed by atoms with Gasteiger partial charge in [-0.05, 0) is 61.4 Å². The number of benzene rings is 2. The summed E-state index contributed by atoms with van der Waals surface area (Å²) in [4.78, 5) is 14.3. The molecule has 1 fully saturated rings. The highest BCUT2D eigenvalue weighted by molar-refractivity contribution is 5.94. The molecule has 0 saturated carbocycles. The van der Waals surface area contributed by atoms with E-state index in [9.17, 15) is 13.6 Å². The quantitative estimate of drug-likeness (QED) is 0.850. The Bertz CT molecular complexity index is 686. The first kappa shape index (κ1) is 16.4. The Kier molecular flexibility index (Phi) is 5.08. The summed E-state index contributed by atoms with van der Waals surface area (Å²) in [7, 11) is 0. The number of carbonyl (C=O) groups excluding carboxylic acids is 1.